The lowest BCUT2D eigenvalue weighted by molar-refractivity contribution is 0.282. The van der Waals surface area contributed by atoms with E-state index in [1.165, 1.54) is 0 Å². The SMILES string of the molecule is COc1cc(CNc2ccc(C)c(Cl)c2)cc(I)c1OCc1ccc(Cl)cc1Cl. The van der Waals surface area contributed by atoms with Gasteiger partial charge in [0.2, 0.25) is 0 Å². The fraction of sp³-hybridized carbons (Fsp3) is 0.182. The minimum Gasteiger partial charge on any atom is -0.493 e. The molecular weight excluding hydrogens is 544 g/mol. The summed E-state index contributed by atoms with van der Waals surface area (Å²) in [6, 6.07) is 15.3. The van der Waals surface area contributed by atoms with Gasteiger partial charge >= 0.3 is 0 Å². The van der Waals surface area contributed by atoms with E-state index >= 15 is 0 Å². The van der Waals surface area contributed by atoms with Gasteiger partial charge in [-0.25, -0.2) is 0 Å². The molecule has 3 nitrogen and oxygen atoms in total. The van der Waals surface area contributed by atoms with E-state index in [0.717, 1.165) is 31.0 Å². The van der Waals surface area contributed by atoms with Crippen molar-refractivity contribution >= 4 is 63.1 Å². The highest BCUT2D eigenvalue weighted by Gasteiger charge is 2.13. The van der Waals surface area contributed by atoms with Crippen LogP contribution in [0.4, 0.5) is 5.69 Å². The van der Waals surface area contributed by atoms with Crippen LogP contribution in [0.1, 0.15) is 16.7 Å². The second-order valence-corrected chi connectivity index (χ2v) is 8.86. The van der Waals surface area contributed by atoms with Crippen molar-refractivity contribution in [1.82, 2.24) is 0 Å². The molecule has 0 aliphatic carbocycles. The molecule has 0 aliphatic rings. The minimum absolute atomic E-state index is 0.321. The van der Waals surface area contributed by atoms with E-state index in [1.54, 1.807) is 19.2 Å². The van der Waals surface area contributed by atoms with Gasteiger partial charge in [0.25, 0.3) is 0 Å². The number of hydrogen-bond donors (Lipinski definition) is 1. The van der Waals surface area contributed by atoms with Crippen LogP contribution in [0.5, 0.6) is 11.5 Å². The first kappa shape index (κ1) is 22.3. The van der Waals surface area contributed by atoms with Gasteiger partial charge in [0.15, 0.2) is 11.5 Å². The molecule has 0 saturated heterocycles. The summed E-state index contributed by atoms with van der Waals surface area (Å²) in [5, 5.41) is 5.29. The topological polar surface area (TPSA) is 30.5 Å². The second kappa shape index (κ2) is 10.1. The molecule has 0 radical (unpaired) electrons. The highest BCUT2D eigenvalue weighted by atomic mass is 127. The minimum atomic E-state index is 0.321. The summed E-state index contributed by atoms with van der Waals surface area (Å²) in [4.78, 5) is 0. The highest BCUT2D eigenvalue weighted by molar-refractivity contribution is 14.1. The lowest BCUT2D eigenvalue weighted by Crippen LogP contribution is -2.04. The maximum atomic E-state index is 6.24. The normalized spacial score (nSPS) is 10.7. The monoisotopic (exact) mass is 561 g/mol. The van der Waals surface area contributed by atoms with E-state index in [9.17, 15) is 0 Å². The molecule has 0 aliphatic heterocycles. The number of hydrogen-bond acceptors (Lipinski definition) is 3. The third-order valence-corrected chi connectivity index (χ3v) is 6.14. The van der Waals surface area contributed by atoms with Gasteiger partial charge in [-0.3, -0.25) is 0 Å². The van der Waals surface area contributed by atoms with E-state index in [4.69, 9.17) is 44.3 Å². The lowest BCUT2D eigenvalue weighted by atomic mass is 10.1. The van der Waals surface area contributed by atoms with E-state index in [0.29, 0.717) is 34.7 Å². The van der Waals surface area contributed by atoms with E-state index < -0.39 is 0 Å². The molecule has 1 N–H and O–H groups in total. The summed E-state index contributed by atoms with van der Waals surface area (Å²) in [6.07, 6.45) is 0. The maximum absolute atomic E-state index is 6.24. The molecule has 152 valence electrons. The predicted molar refractivity (Wildman–Crippen MR) is 130 cm³/mol. The third kappa shape index (κ3) is 5.85. The van der Waals surface area contributed by atoms with Crippen molar-refractivity contribution in [2.75, 3.05) is 12.4 Å². The first-order valence-electron chi connectivity index (χ1n) is 8.80. The standard InChI is InChI=1S/C22H19Cl3INO2/c1-13-3-6-17(10-18(13)24)27-11-14-7-20(26)22(21(8-14)28-2)29-12-15-4-5-16(23)9-19(15)25/h3-10,27H,11-12H2,1-2H3. The predicted octanol–water partition coefficient (Wildman–Crippen LogP) is 7.76. The summed E-state index contributed by atoms with van der Waals surface area (Å²) in [5.74, 6) is 1.35. The summed E-state index contributed by atoms with van der Waals surface area (Å²) < 4.78 is 12.5. The number of methoxy groups -OCH3 is 1. The molecule has 0 heterocycles. The van der Waals surface area contributed by atoms with Crippen LogP contribution in [0.2, 0.25) is 15.1 Å². The van der Waals surface area contributed by atoms with Crippen LogP contribution in [-0.4, -0.2) is 7.11 Å². The molecule has 0 aromatic heterocycles. The Morgan fingerprint density at radius 2 is 1.76 bits per heavy atom. The maximum Gasteiger partial charge on any atom is 0.174 e. The molecule has 0 saturated carbocycles. The summed E-state index contributed by atoms with van der Waals surface area (Å²) in [6.45, 7) is 2.94. The third-order valence-electron chi connectivity index (χ3n) is 4.34. The van der Waals surface area contributed by atoms with Crippen LogP contribution in [-0.2, 0) is 13.2 Å². The highest BCUT2D eigenvalue weighted by Crippen LogP contribution is 2.35. The molecule has 0 amide bonds. The Morgan fingerprint density at radius 1 is 0.966 bits per heavy atom. The van der Waals surface area contributed by atoms with E-state index in [2.05, 4.69) is 34.0 Å². The van der Waals surface area contributed by atoms with Crippen LogP contribution in [0.15, 0.2) is 48.5 Å². The number of benzene rings is 3. The number of nitrogens with one attached hydrogen (secondary N) is 1. The Kier molecular flexibility index (Phi) is 7.79. The molecule has 0 fully saturated rings. The van der Waals surface area contributed by atoms with Crippen molar-refractivity contribution in [3.63, 3.8) is 0 Å². The molecule has 3 aromatic rings. The summed E-state index contributed by atoms with van der Waals surface area (Å²) in [7, 11) is 1.63. The van der Waals surface area contributed by atoms with Crippen molar-refractivity contribution in [3.8, 4) is 11.5 Å². The van der Waals surface area contributed by atoms with Crippen LogP contribution in [0.25, 0.3) is 0 Å². The summed E-state index contributed by atoms with van der Waals surface area (Å²) >= 11 is 20.6. The Bertz CT molecular complexity index is 1030. The zero-order chi connectivity index (χ0) is 21.0. The Balaban J connectivity index is 1.73. The zero-order valence-corrected chi connectivity index (χ0v) is 20.3. The first-order chi connectivity index (χ1) is 13.9. The van der Waals surface area contributed by atoms with Crippen LogP contribution < -0.4 is 14.8 Å². The second-order valence-electron chi connectivity index (χ2n) is 6.45. The van der Waals surface area contributed by atoms with Crippen molar-refractivity contribution in [1.29, 1.82) is 0 Å². The number of aryl methyl sites for hydroxylation is 1. The number of ether oxygens (including phenoxy) is 2. The average molecular weight is 563 g/mol. The van der Waals surface area contributed by atoms with Crippen molar-refractivity contribution < 1.29 is 9.47 Å². The van der Waals surface area contributed by atoms with Crippen molar-refractivity contribution in [2.24, 2.45) is 0 Å². The van der Waals surface area contributed by atoms with Gasteiger partial charge < -0.3 is 14.8 Å². The van der Waals surface area contributed by atoms with Gasteiger partial charge in [-0.1, -0.05) is 46.9 Å². The zero-order valence-electron chi connectivity index (χ0n) is 15.9. The fourth-order valence-corrected chi connectivity index (χ4v) is 4.18. The van der Waals surface area contributed by atoms with Gasteiger partial charge in [0.1, 0.15) is 6.61 Å². The van der Waals surface area contributed by atoms with Crippen molar-refractivity contribution in [2.45, 2.75) is 20.1 Å². The van der Waals surface area contributed by atoms with Crippen LogP contribution in [0.3, 0.4) is 0 Å². The lowest BCUT2D eigenvalue weighted by Gasteiger charge is -2.16. The van der Waals surface area contributed by atoms with Gasteiger partial charge in [0.05, 0.1) is 10.7 Å². The number of halogens is 4. The van der Waals surface area contributed by atoms with Gasteiger partial charge in [-0.15, -0.1) is 0 Å². The Hall–Kier alpha value is -1.34. The fourth-order valence-electron chi connectivity index (χ4n) is 2.71. The Morgan fingerprint density at radius 3 is 2.45 bits per heavy atom. The van der Waals surface area contributed by atoms with Crippen LogP contribution >= 0.6 is 57.4 Å². The molecule has 0 atom stereocenters. The molecule has 0 spiro atoms. The summed E-state index contributed by atoms with van der Waals surface area (Å²) in [5.41, 5.74) is 3.94. The average Bonchev–Trinajstić information content (AvgIpc) is 2.69. The smallest absolute Gasteiger partial charge is 0.174 e. The molecule has 0 unspecified atom stereocenters. The molecule has 29 heavy (non-hydrogen) atoms. The first-order valence-corrected chi connectivity index (χ1v) is 11.0. The van der Waals surface area contributed by atoms with E-state index in [1.807, 2.05) is 37.3 Å². The number of anilines is 1. The van der Waals surface area contributed by atoms with Gasteiger partial charge in [-0.05, 0) is 77.0 Å². The van der Waals surface area contributed by atoms with E-state index in [-0.39, 0.29) is 0 Å². The molecular formula is C22H19Cl3INO2. The molecule has 3 aromatic carbocycles. The molecule has 0 bridgehead atoms. The van der Waals surface area contributed by atoms with Crippen LogP contribution in [0, 0.1) is 10.5 Å². The number of rotatable bonds is 7. The molecule has 3 rings (SSSR count). The molecule has 7 heteroatoms. The largest absolute Gasteiger partial charge is 0.493 e. The van der Waals surface area contributed by atoms with Gasteiger partial charge in [0, 0.05) is 32.9 Å². The quantitative estimate of drug-likeness (QED) is 0.299. The van der Waals surface area contributed by atoms with Gasteiger partial charge in [-0.2, -0.15) is 0 Å². The van der Waals surface area contributed by atoms with Crippen molar-refractivity contribution in [3.05, 3.63) is 83.9 Å². The Labute approximate surface area is 199 Å².